The zero-order valence-electron chi connectivity index (χ0n) is 25.3. The van der Waals surface area contributed by atoms with Crippen LogP contribution in [-0.4, -0.2) is 0 Å². The lowest BCUT2D eigenvalue weighted by molar-refractivity contribution is -0.145. The summed E-state index contributed by atoms with van der Waals surface area (Å²) in [6.07, 6.45) is -23.5. The van der Waals surface area contributed by atoms with E-state index in [0.29, 0.717) is 12.1 Å². The van der Waals surface area contributed by atoms with E-state index in [-0.39, 0.29) is 18.2 Å². The number of benzene rings is 3. The highest BCUT2D eigenvalue weighted by atomic mass is 19.4. The lowest BCUT2D eigenvalue weighted by Gasteiger charge is -2.20. The third-order valence-electron chi connectivity index (χ3n) is 7.21. The molecule has 0 fully saturated rings. The van der Waals surface area contributed by atoms with E-state index in [0.717, 1.165) is 30.3 Å². The van der Waals surface area contributed by atoms with Gasteiger partial charge in [-0.1, -0.05) is 0 Å². The Morgan fingerprint density at radius 1 is 0.389 bits per heavy atom. The van der Waals surface area contributed by atoms with Crippen LogP contribution in [0, 0.1) is 102 Å². The van der Waals surface area contributed by atoms with Crippen LogP contribution in [0.1, 0.15) is 72.3 Å². The molecule has 9 nitrogen and oxygen atoms in total. The molecule has 3 rings (SSSR count). The van der Waals surface area contributed by atoms with Crippen molar-refractivity contribution >= 4 is 11.1 Å². The summed E-state index contributed by atoms with van der Waals surface area (Å²) >= 11 is 0. The van der Waals surface area contributed by atoms with Crippen LogP contribution in [-0.2, 0) is 24.7 Å². The van der Waals surface area contributed by atoms with Crippen molar-refractivity contribution in [3.05, 3.63) is 101 Å². The van der Waals surface area contributed by atoms with E-state index in [1.165, 1.54) is 12.1 Å². The molecule has 0 atom stereocenters. The summed E-state index contributed by atoms with van der Waals surface area (Å²) in [5.41, 5.74) is -28.3. The fourth-order valence-corrected chi connectivity index (χ4v) is 5.25. The predicted molar refractivity (Wildman–Crippen MR) is 148 cm³/mol. The minimum absolute atomic E-state index is 0.185. The molecule has 3 aromatic rings. The summed E-state index contributed by atoms with van der Waals surface area (Å²) in [5.74, 6) is 0. The quantitative estimate of drug-likeness (QED) is 0.268. The van der Waals surface area contributed by atoms with Crippen LogP contribution in [0.2, 0.25) is 0 Å². The van der Waals surface area contributed by atoms with Gasteiger partial charge >= 0.3 is 24.7 Å². The summed E-state index contributed by atoms with van der Waals surface area (Å²) < 4.78 is 169. The van der Waals surface area contributed by atoms with Crippen molar-refractivity contribution in [2.45, 2.75) is 24.7 Å². The molecule has 0 aliphatic carbocycles. The number of hydrogen-bond acceptors (Lipinski definition) is 9. The molecular weight excluding hydrogens is 750 g/mol. The van der Waals surface area contributed by atoms with Gasteiger partial charge in [0.2, 0.25) is 0 Å². The number of alkyl halides is 12. The molecule has 54 heavy (non-hydrogen) atoms. The first-order valence-corrected chi connectivity index (χ1v) is 13.3. The van der Waals surface area contributed by atoms with Crippen molar-refractivity contribution in [2.24, 2.45) is 0 Å². The number of rotatable bonds is 2. The second-order valence-corrected chi connectivity index (χ2v) is 10.0. The van der Waals surface area contributed by atoms with Gasteiger partial charge in [-0.05, 0) is 18.2 Å². The third-order valence-corrected chi connectivity index (χ3v) is 7.21. The van der Waals surface area contributed by atoms with Crippen molar-refractivity contribution in [1.82, 2.24) is 0 Å². The van der Waals surface area contributed by atoms with Crippen molar-refractivity contribution in [3.63, 3.8) is 0 Å². The van der Waals surface area contributed by atoms with Crippen molar-refractivity contribution in [1.29, 1.82) is 47.4 Å². The smallest absolute Gasteiger partial charge is 0.192 e. The molecule has 3 aromatic carbocycles. The first-order valence-electron chi connectivity index (χ1n) is 13.3. The summed E-state index contributed by atoms with van der Waals surface area (Å²) in [4.78, 5) is 0. The largest absolute Gasteiger partial charge is 0.418 e. The Morgan fingerprint density at radius 3 is 1.02 bits per heavy atom. The Labute approximate surface area is 291 Å². The van der Waals surface area contributed by atoms with Crippen LogP contribution >= 0.6 is 0 Å². The first kappa shape index (κ1) is 40.4. The zero-order valence-corrected chi connectivity index (χ0v) is 25.3. The molecule has 0 saturated carbocycles. The van der Waals surface area contributed by atoms with E-state index in [9.17, 15) is 100 Å². The Bertz CT molecular complexity index is 2710. The van der Waals surface area contributed by atoms with Gasteiger partial charge in [-0.15, -0.1) is 0 Å². The van der Waals surface area contributed by atoms with E-state index in [1.54, 1.807) is 0 Å². The molecule has 0 radical (unpaired) electrons. The minimum atomic E-state index is -6.02. The maximum atomic E-state index is 14.5. The molecule has 0 aliphatic heterocycles. The van der Waals surface area contributed by atoms with Crippen LogP contribution < -0.4 is 10.4 Å². The van der Waals surface area contributed by atoms with E-state index >= 15 is 0 Å². The third kappa shape index (κ3) is 6.71. The zero-order chi connectivity index (χ0) is 41.3. The average molecular weight is 753 g/mol. The highest BCUT2D eigenvalue weighted by molar-refractivity contribution is 5.88. The molecule has 21 heteroatoms. The molecular formula is C33H3F12N9. The maximum Gasteiger partial charge on any atom is 0.418 e. The predicted octanol–water partition coefficient (Wildman–Crippen LogP) is 6.31. The van der Waals surface area contributed by atoms with Gasteiger partial charge in [-0.3, -0.25) is 0 Å². The topological polar surface area (TPSA) is 214 Å². The van der Waals surface area contributed by atoms with E-state index in [1.807, 2.05) is 0 Å². The maximum absolute atomic E-state index is 14.5. The summed E-state index contributed by atoms with van der Waals surface area (Å²) in [7, 11) is 0. The molecule has 264 valence electrons. The standard InChI is InChI=1S/C33H3F12N9/c34-30(35,36)23-2-14(5-47)26(28(20(23)10-52)32(40,41)42)18(8-50)16-1-13(4-46)25(19(9-51)17(16)7-49)22(12-54)27-15(6-48)3-24(31(37,38)39)21(11-53)29(27)33(43,44)45/h1-3H/b18-16-,25-22+. The highest BCUT2D eigenvalue weighted by Gasteiger charge is 2.47. The van der Waals surface area contributed by atoms with E-state index < -0.39 is 119 Å². The van der Waals surface area contributed by atoms with Gasteiger partial charge in [0.05, 0.1) is 90.6 Å². The fraction of sp³-hybridized carbons (Fsp3) is 0.121. The van der Waals surface area contributed by atoms with Crippen molar-refractivity contribution in [2.75, 3.05) is 0 Å². The SMILES string of the molecule is N#C/C(c1c(C#N)cc(C(F)(F)F)c(C#N)c1C(F)(F)F)=c1/c(C#N)c/c(=C(\C#N)c2c(C#N)cc(C(F)(F)F)c(C#N)c2C(F)(F)F)c(C#N)c1C#N. The van der Waals surface area contributed by atoms with Gasteiger partial charge in [-0.25, -0.2) is 0 Å². The van der Waals surface area contributed by atoms with Crippen LogP contribution in [0.15, 0.2) is 18.2 Å². The lowest BCUT2D eigenvalue weighted by atomic mass is 9.83. The second-order valence-electron chi connectivity index (χ2n) is 10.0. The summed E-state index contributed by atoms with van der Waals surface area (Å²) in [5, 5.41) is 85.5. The molecule has 0 aliphatic rings. The van der Waals surface area contributed by atoms with Gasteiger partial charge in [0.15, 0.2) is 0 Å². The molecule has 0 bridgehead atoms. The molecule has 0 spiro atoms. The molecule has 0 amide bonds. The Hall–Kier alpha value is -8.03. The first-order chi connectivity index (χ1) is 25.0. The highest BCUT2D eigenvalue weighted by Crippen LogP contribution is 2.45. The number of hydrogen-bond donors (Lipinski definition) is 0. The Morgan fingerprint density at radius 2 is 0.741 bits per heavy atom. The van der Waals surface area contributed by atoms with Crippen molar-refractivity contribution in [3.8, 4) is 54.6 Å². The summed E-state index contributed by atoms with van der Waals surface area (Å²) in [6.45, 7) is 0. The number of nitrogens with zero attached hydrogens (tertiary/aromatic N) is 9. The van der Waals surface area contributed by atoms with E-state index in [4.69, 9.17) is 0 Å². The van der Waals surface area contributed by atoms with Gasteiger partial charge in [0.25, 0.3) is 0 Å². The second kappa shape index (κ2) is 13.9. The number of halogens is 12. The van der Waals surface area contributed by atoms with Crippen LogP contribution in [0.4, 0.5) is 52.7 Å². The van der Waals surface area contributed by atoms with Crippen molar-refractivity contribution < 1.29 is 52.7 Å². The van der Waals surface area contributed by atoms with Crippen LogP contribution in [0.5, 0.6) is 0 Å². The minimum Gasteiger partial charge on any atom is -0.192 e. The monoisotopic (exact) mass is 753 g/mol. The fourth-order valence-electron chi connectivity index (χ4n) is 5.25. The van der Waals surface area contributed by atoms with Gasteiger partial charge in [0, 0.05) is 21.6 Å². The molecule has 0 N–H and O–H groups in total. The van der Waals surface area contributed by atoms with Gasteiger partial charge in [0.1, 0.15) is 36.4 Å². The van der Waals surface area contributed by atoms with Crippen LogP contribution in [0.3, 0.4) is 0 Å². The van der Waals surface area contributed by atoms with E-state index in [2.05, 4.69) is 0 Å². The van der Waals surface area contributed by atoms with Crippen LogP contribution in [0.25, 0.3) is 11.1 Å². The Balaban J connectivity index is 2.98. The average Bonchev–Trinajstić information content (AvgIpc) is 3.08. The van der Waals surface area contributed by atoms with Gasteiger partial charge in [-0.2, -0.15) is 100 Å². The molecule has 0 aromatic heterocycles. The molecule has 0 saturated heterocycles. The lowest BCUT2D eigenvalue weighted by Crippen LogP contribution is -2.28. The summed E-state index contributed by atoms with van der Waals surface area (Å²) in [6, 6.07) is 8.69. The normalized spacial score (nSPS) is 12.5. The molecule has 0 unspecified atom stereocenters. The Kier molecular flexibility index (Phi) is 10.4. The molecule has 0 heterocycles. The van der Waals surface area contributed by atoms with Gasteiger partial charge < -0.3 is 0 Å². The number of nitriles is 9.